The van der Waals surface area contributed by atoms with Gasteiger partial charge in [-0.15, -0.1) is 0 Å². The van der Waals surface area contributed by atoms with Gasteiger partial charge in [-0.05, 0) is 23.6 Å². The summed E-state index contributed by atoms with van der Waals surface area (Å²) >= 11 is 2.55. The summed E-state index contributed by atoms with van der Waals surface area (Å²) in [7, 11) is 0. The molecule has 4 rings (SSSR count). The SMILES string of the molecule is NC(=O)c1nc(Nc2cccc3cccnc23)sc1NC(=O)c1ccsc1. The quantitative estimate of drug-likeness (QED) is 0.475. The number of aromatic nitrogens is 2. The molecule has 0 saturated carbocycles. The highest BCUT2D eigenvalue weighted by Crippen LogP contribution is 2.32. The number of carbonyl (C=O) groups is 2. The van der Waals surface area contributed by atoms with E-state index in [-0.39, 0.29) is 11.6 Å². The fraction of sp³-hybridized carbons (Fsp3) is 0. The van der Waals surface area contributed by atoms with Crippen LogP contribution in [0.4, 0.5) is 15.8 Å². The van der Waals surface area contributed by atoms with Crippen molar-refractivity contribution in [1.82, 2.24) is 9.97 Å². The van der Waals surface area contributed by atoms with Crippen LogP contribution < -0.4 is 16.4 Å². The van der Waals surface area contributed by atoms with E-state index in [0.717, 1.165) is 27.9 Å². The van der Waals surface area contributed by atoms with Crippen molar-refractivity contribution in [2.45, 2.75) is 0 Å². The number of pyridine rings is 1. The van der Waals surface area contributed by atoms with E-state index in [1.807, 2.05) is 30.3 Å². The molecule has 2 amide bonds. The van der Waals surface area contributed by atoms with Crippen LogP contribution in [0.2, 0.25) is 0 Å². The van der Waals surface area contributed by atoms with E-state index in [9.17, 15) is 9.59 Å². The zero-order valence-electron chi connectivity index (χ0n) is 13.8. The molecule has 4 N–H and O–H groups in total. The van der Waals surface area contributed by atoms with Crippen LogP contribution in [0.25, 0.3) is 10.9 Å². The highest BCUT2D eigenvalue weighted by atomic mass is 32.1. The van der Waals surface area contributed by atoms with Gasteiger partial charge in [-0.25, -0.2) is 4.98 Å². The minimum Gasteiger partial charge on any atom is -0.364 e. The van der Waals surface area contributed by atoms with Crippen molar-refractivity contribution < 1.29 is 9.59 Å². The second-order valence-corrected chi connectivity index (χ2v) is 7.31. The van der Waals surface area contributed by atoms with Gasteiger partial charge < -0.3 is 16.4 Å². The summed E-state index contributed by atoms with van der Waals surface area (Å²) in [6.07, 6.45) is 1.71. The van der Waals surface area contributed by atoms with E-state index in [0.29, 0.717) is 15.7 Å². The Balaban J connectivity index is 1.66. The van der Waals surface area contributed by atoms with Crippen LogP contribution in [0.3, 0.4) is 0 Å². The highest BCUT2D eigenvalue weighted by Gasteiger charge is 2.19. The monoisotopic (exact) mass is 395 g/mol. The topological polar surface area (TPSA) is 110 Å². The number of nitrogens with two attached hydrogens (primary N) is 1. The molecule has 0 atom stereocenters. The Morgan fingerprint density at radius 2 is 1.96 bits per heavy atom. The second kappa shape index (κ2) is 7.14. The lowest BCUT2D eigenvalue weighted by molar-refractivity contribution is 0.0997. The number of thiazole rings is 1. The van der Waals surface area contributed by atoms with Crippen molar-refractivity contribution in [3.05, 3.63) is 64.6 Å². The van der Waals surface area contributed by atoms with Gasteiger partial charge in [-0.1, -0.05) is 29.5 Å². The number of amides is 2. The Hall–Kier alpha value is -3.30. The van der Waals surface area contributed by atoms with E-state index in [2.05, 4.69) is 20.6 Å². The zero-order chi connectivity index (χ0) is 18.8. The smallest absolute Gasteiger partial charge is 0.270 e. The molecule has 0 bridgehead atoms. The third-order valence-corrected chi connectivity index (χ3v) is 5.31. The molecule has 0 radical (unpaired) electrons. The molecule has 0 saturated heterocycles. The highest BCUT2D eigenvalue weighted by molar-refractivity contribution is 7.20. The number of benzene rings is 1. The zero-order valence-corrected chi connectivity index (χ0v) is 15.4. The maximum absolute atomic E-state index is 12.3. The van der Waals surface area contributed by atoms with Gasteiger partial charge in [0.25, 0.3) is 11.8 Å². The second-order valence-electron chi connectivity index (χ2n) is 5.53. The van der Waals surface area contributed by atoms with Crippen molar-refractivity contribution in [3.8, 4) is 0 Å². The lowest BCUT2D eigenvalue weighted by Crippen LogP contribution is -2.17. The molecule has 3 aromatic heterocycles. The first-order valence-electron chi connectivity index (χ1n) is 7.87. The number of fused-ring (bicyclic) bond motifs is 1. The minimum absolute atomic E-state index is 0.0132. The fourth-order valence-electron chi connectivity index (χ4n) is 2.51. The van der Waals surface area contributed by atoms with Crippen LogP contribution in [0.15, 0.2) is 53.4 Å². The summed E-state index contributed by atoms with van der Waals surface area (Å²) in [5.74, 6) is -1.03. The van der Waals surface area contributed by atoms with Gasteiger partial charge in [0.1, 0.15) is 5.00 Å². The number of para-hydroxylation sites is 1. The number of nitrogens with one attached hydrogen (secondary N) is 2. The molecule has 3 heterocycles. The summed E-state index contributed by atoms with van der Waals surface area (Å²) in [5.41, 5.74) is 7.47. The summed E-state index contributed by atoms with van der Waals surface area (Å²) in [4.78, 5) is 32.6. The average Bonchev–Trinajstić information content (AvgIpc) is 3.32. The van der Waals surface area contributed by atoms with Crippen LogP contribution in [0, 0.1) is 0 Å². The van der Waals surface area contributed by atoms with E-state index in [4.69, 9.17) is 5.73 Å². The number of hydrogen-bond acceptors (Lipinski definition) is 7. The van der Waals surface area contributed by atoms with Crippen molar-refractivity contribution >= 4 is 61.2 Å². The van der Waals surface area contributed by atoms with Crippen LogP contribution >= 0.6 is 22.7 Å². The maximum atomic E-state index is 12.3. The van der Waals surface area contributed by atoms with Gasteiger partial charge in [0.15, 0.2) is 10.8 Å². The first-order valence-corrected chi connectivity index (χ1v) is 9.62. The summed E-state index contributed by atoms with van der Waals surface area (Å²) in [6, 6.07) is 11.2. The normalized spacial score (nSPS) is 10.7. The summed E-state index contributed by atoms with van der Waals surface area (Å²) in [5, 5.41) is 11.1. The largest absolute Gasteiger partial charge is 0.364 e. The third-order valence-electron chi connectivity index (χ3n) is 3.75. The molecule has 4 aromatic rings. The molecule has 0 unspecified atom stereocenters. The molecule has 9 heteroatoms. The van der Waals surface area contributed by atoms with Gasteiger partial charge in [-0.3, -0.25) is 14.6 Å². The Morgan fingerprint density at radius 1 is 1.11 bits per heavy atom. The van der Waals surface area contributed by atoms with Crippen molar-refractivity contribution in [3.63, 3.8) is 0 Å². The lowest BCUT2D eigenvalue weighted by Gasteiger charge is -2.05. The van der Waals surface area contributed by atoms with E-state index >= 15 is 0 Å². The van der Waals surface area contributed by atoms with Crippen LogP contribution in [-0.2, 0) is 0 Å². The Bertz CT molecular complexity index is 1130. The Morgan fingerprint density at radius 3 is 2.74 bits per heavy atom. The number of rotatable bonds is 5. The fourth-order valence-corrected chi connectivity index (χ4v) is 4.03. The van der Waals surface area contributed by atoms with Crippen LogP contribution in [-0.4, -0.2) is 21.8 Å². The first-order chi connectivity index (χ1) is 13.1. The third kappa shape index (κ3) is 3.50. The number of hydrogen-bond donors (Lipinski definition) is 3. The Labute approximate surface area is 161 Å². The van der Waals surface area contributed by atoms with E-state index < -0.39 is 5.91 Å². The molecule has 27 heavy (non-hydrogen) atoms. The number of anilines is 3. The summed E-state index contributed by atoms with van der Waals surface area (Å²) in [6.45, 7) is 0. The number of primary amides is 1. The van der Waals surface area contributed by atoms with Gasteiger partial charge in [0, 0.05) is 17.0 Å². The number of nitrogens with zero attached hydrogens (tertiary/aromatic N) is 2. The molecule has 0 aliphatic rings. The average molecular weight is 395 g/mol. The molecule has 134 valence electrons. The van der Waals surface area contributed by atoms with Gasteiger partial charge >= 0.3 is 0 Å². The first kappa shape index (κ1) is 17.1. The summed E-state index contributed by atoms with van der Waals surface area (Å²) < 4.78 is 0. The molecule has 0 spiro atoms. The molecular weight excluding hydrogens is 382 g/mol. The van der Waals surface area contributed by atoms with Crippen molar-refractivity contribution in [2.75, 3.05) is 10.6 Å². The van der Waals surface area contributed by atoms with Crippen molar-refractivity contribution in [2.24, 2.45) is 5.73 Å². The van der Waals surface area contributed by atoms with Gasteiger partial charge in [0.2, 0.25) is 0 Å². The Kier molecular flexibility index (Phi) is 4.53. The van der Waals surface area contributed by atoms with Crippen LogP contribution in [0.1, 0.15) is 20.8 Å². The van der Waals surface area contributed by atoms with E-state index in [1.54, 1.807) is 23.0 Å². The van der Waals surface area contributed by atoms with Crippen molar-refractivity contribution in [1.29, 1.82) is 0 Å². The molecule has 1 aromatic carbocycles. The van der Waals surface area contributed by atoms with Gasteiger partial charge in [-0.2, -0.15) is 11.3 Å². The standard InChI is InChI=1S/C18H13N5O2S2/c19-15(24)14-17(23-16(25)11-6-8-26-9-11)27-18(22-14)21-12-5-1-3-10-4-2-7-20-13(10)12/h1-9H,(H2,19,24)(H,21,22)(H,23,25). The molecular formula is C18H13N5O2S2. The lowest BCUT2D eigenvalue weighted by atomic mass is 10.2. The maximum Gasteiger partial charge on any atom is 0.270 e. The molecule has 0 aliphatic heterocycles. The predicted octanol–water partition coefficient (Wildman–Crippen LogP) is 3.85. The predicted molar refractivity (Wildman–Crippen MR) is 108 cm³/mol. The minimum atomic E-state index is -0.712. The van der Waals surface area contributed by atoms with Crippen LogP contribution in [0.5, 0.6) is 0 Å². The van der Waals surface area contributed by atoms with Gasteiger partial charge in [0.05, 0.1) is 16.8 Å². The molecule has 0 aliphatic carbocycles. The number of carbonyl (C=O) groups excluding carboxylic acids is 2. The molecule has 0 fully saturated rings. The molecule has 7 nitrogen and oxygen atoms in total. The number of thiophene rings is 1. The van der Waals surface area contributed by atoms with E-state index in [1.165, 1.54) is 11.3 Å².